The molecule has 1 fully saturated rings. The SMILES string of the molecule is CCOc1ccc(C(=O)NC2CCCC2CBr)cc1. The van der Waals surface area contributed by atoms with Crippen molar-refractivity contribution in [2.75, 3.05) is 11.9 Å². The van der Waals surface area contributed by atoms with Crippen molar-refractivity contribution < 1.29 is 9.53 Å². The average molecular weight is 326 g/mol. The van der Waals surface area contributed by atoms with Gasteiger partial charge in [-0.1, -0.05) is 22.4 Å². The minimum absolute atomic E-state index is 0.0147. The molecule has 4 heteroatoms. The molecule has 1 amide bonds. The van der Waals surface area contributed by atoms with Crippen LogP contribution in [-0.2, 0) is 0 Å². The summed E-state index contributed by atoms with van der Waals surface area (Å²) in [4.78, 5) is 12.2. The summed E-state index contributed by atoms with van der Waals surface area (Å²) in [6.45, 7) is 2.58. The van der Waals surface area contributed by atoms with Crippen LogP contribution in [0.25, 0.3) is 0 Å². The quantitative estimate of drug-likeness (QED) is 0.843. The van der Waals surface area contributed by atoms with Gasteiger partial charge in [-0.15, -0.1) is 0 Å². The van der Waals surface area contributed by atoms with Crippen LogP contribution in [0.1, 0.15) is 36.5 Å². The zero-order valence-corrected chi connectivity index (χ0v) is 12.8. The summed E-state index contributed by atoms with van der Waals surface area (Å²) in [6.07, 6.45) is 3.48. The Morgan fingerprint density at radius 2 is 2.11 bits per heavy atom. The van der Waals surface area contributed by atoms with Gasteiger partial charge >= 0.3 is 0 Å². The van der Waals surface area contributed by atoms with Gasteiger partial charge in [0.15, 0.2) is 0 Å². The zero-order chi connectivity index (χ0) is 13.7. The zero-order valence-electron chi connectivity index (χ0n) is 11.2. The molecule has 0 aliphatic heterocycles. The fourth-order valence-corrected chi connectivity index (χ4v) is 3.31. The average Bonchev–Trinajstić information content (AvgIpc) is 2.87. The Labute approximate surface area is 122 Å². The van der Waals surface area contributed by atoms with E-state index in [-0.39, 0.29) is 5.91 Å². The maximum absolute atomic E-state index is 12.2. The van der Waals surface area contributed by atoms with Gasteiger partial charge in [-0.05, 0) is 49.9 Å². The van der Waals surface area contributed by atoms with Crippen LogP contribution in [0.2, 0.25) is 0 Å². The Morgan fingerprint density at radius 1 is 1.37 bits per heavy atom. The van der Waals surface area contributed by atoms with Crippen molar-refractivity contribution in [3.8, 4) is 5.75 Å². The van der Waals surface area contributed by atoms with Crippen molar-refractivity contribution in [3.05, 3.63) is 29.8 Å². The third-order valence-corrected chi connectivity index (χ3v) is 4.43. The number of rotatable bonds is 5. The van der Waals surface area contributed by atoms with Gasteiger partial charge in [0.1, 0.15) is 5.75 Å². The summed E-state index contributed by atoms with van der Waals surface area (Å²) >= 11 is 3.52. The summed E-state index contributed by atoms with van der Waals surface area (Å²) in [5.74, 6) is 1.38. The van der Waals surface area contributed by atoms with Gasteiger partial charge in [-0.2, -0.15) is 0 Å². The van der Waals surface area contributed by atoms with Crippen LogP contribution in [0.4, 0.5) is 0 Å². The number of carbonyl (C=O) groups excluding carboxylic acids is 1. The summed E-state index contributed by atoms with van der Waals surface area (Å²) in [6, 6.07) is 7.62. The number of hydrogen-bond acceptors (Lipinski definition) is 2. The van der Waals surface area contributed by atoms with Crippen LogP contribution in [0.5, 0.6) is 5.75 Å². The lowest BCUT2D eigenvalue weighted by molar-refractivity contribution is 0.0930. The standard InChI is InChI=1S/C15H20BrNO2/c1-2-19-13-8-6-11(7-9-13)15(18)17-14-5-3-4-12(14)10-16/h6-9,12,14H,2-5,10H2,1H3,(H,17,18). The van der Waals surface area contributed by atoms with E-state index in [2.05, 4.69) is 21.2 Å². The molecule has 0 saturated heterocycles. The molecule has 2 atom stereocenters. The van der Waals surface area contributed by atoms with Crippen LogP contribution < -0.4 is 10.1 Å². The van der Waals surface area contributed by atoms with Crippen molar-refractivity contribution in [3.63, 3.8) is 0 Å². The Morgan fingerprint density at radius 3 is 2.74 bits per heavy atom. The number of amides is 1. The Bertz CT molecular complexity index is 419. The molecule has 0 aromatic heterocycles. The molecule has 1 aliphatic rings. The lowest BCUT2D eigenvalue weighted by Gasteiger charge is -2.19. The van der Waals surface area contributed by atoms with Gasteiger partial charge in [0.25, 0.3) is 5.91 Å². The van der Waals surface area contributed by atoms with Crippen molar-refractivity contribution in [1.29, 1.82) is 0 Å². The molecule has 0 heterocycles. The maximum atomic E-state index is 12.2. The molecule has 1 aromatic carbocycles. The fraction of sp³-hybridized carbons (Fsp3) is 0.533. The van der Waals surface area contributed by atoms with E-state index in [0.29, 0.717) is 24.1 Å². The number of carbonyl (C=O) groups is 1. The normalized spacial score (nSPS) is 22.2. The monoisotopic (exact) mass is 325 g/mol. The van der Waals surface area contributed by atoms with E-state index in [9.17, 15) is 4.79 Å². The van der Waals surface area contributed by atoms with E-state index in [0.717, 1.165) is 17.5 Å². The Balaban J connectivity index is 1.95. The van der Waals surface area contributed by atoms with E-state index in [4.69, 9.17) is 4.74 Å². The number of nitrogens with one attached hydrogen (secondary N) is 1. The van der Waals surface area contributed by atoms with E-state index in [1.807, 2.05) is 31.2 Å². The largest absolute Gasteiger partial charge is 0.494 e. The van der Waals surface area contributed by atoms with Gasteiger partial charge in [0.05, 0.1) is 6.61 Å². The highest BCUT2D eigenvalue weighted by atomic mass is 79.9. The molecular formula is C15H20BrNO2. The van der Waals surface area contributed by atoms with Gasteiger partial charge in [0.2, 0.25) is 0 Å². The minimum Gasteiger partial charge on any atom is -0.494 e. The van der Waals surface area contributed by atoms with Crippen molar-refractivity contribution in [2.45, 2.75) is 32.2 Å². The summed E-state index contributed by atoms with van der Waals surface area (Å²) < 4.78 is 5.37. The van der Waals surface area contributed by atoms with Crippen molar-refractivity contribution >= 4 is 21.8 Å². The first-order valence-corrected chi connectivity index (χ1v) is 7.96. The predicted molar refractivity (Wildman–Crippen MR) is 80.0 cm³/mol. The summed E-state index contributed by atoms with van der Waals surface area (Å²) in [5, 5.41) is 4.10. The molecule has 104 valence electrons. The van der Waals surface area contributed by atoms with Crippen molar-refractivity contribution in [2.24, 2.45) is 5.92 Å². The second-order valence-electron chi connectivity index (χ2n) is 4.88. The van der Waals surface area contributed by atoms with E-state index >= 15 is 0 Å². The first-order valence-electron chi connectivity index (χ1n) is 6.84. The van der Waals surface area contributed by atoms with E-state index in [1.165, 1.54) is 12.8 Å². The lowest BCUT2D eigenvalue weighted by Crippen LogP contribution is -2.37. The first kappa shape index (κ1) is 14.4. The van der Waals surface area contributed by atoms with E-state index < -0.39 is 0 Å². The molecular weight excluding hydrogens is 306 g/mol. The lowest BCUT2D eigenvalue weighted by atomic mass is 10.1. The molecule has 19 heavy (non-hydrogen) atoms. The smallest absolute Gasteiger partial charge is 0.251 e. The fourth-order valence-electron chi connectivity index (χ4n) is 2.53. The van der Waals surface area contributed by atoms with Crippen LogP contribution in [-0.4, -0.2) is 23.9 Å². The third-order valence-electron chi connectivity index (χ3n) is 3.60. The van der Waals surface area contributed by atoms with Crippen LogP contribution in [0.3, 0.4) is 0 Å². The molecule has 0 bridgehead atoms. The number of alkyl halides is 1. The highest BCUT2D eigenvalue weighted by Crippen LogP contribution is 2.27. The molecule has 3 nitrogen and oxygen atoms in total. The Hall–Kier alpha value is -1.03. The van der Waals surface area contributed by atoms with Crippen LogP contribution in [0.15, 0.2) is 24.3 Å². The molecule has 1 aliphatic carbocycles. The van der Waals surface area contributed by atoms with Gasteiger partial charge in [0, 0.05) is 16.9 Å². The highest BCUT2D eigenvalue weighted by molar-refractivity contribution is 9.09. The number of ether oxygens (including phenoxy) is 1. The summed E-state index contributed by atoms with van der Waals surface area (Å²) in [5.41, 5.74) is 0.698. The molecule has 2 rings (SSSR count). The molecule has 1 aromatic rings. The Kier molecular flexibility index (Phi) is 5.25. The second kappa shape index (κ2) is 6.94. The van der Waals surface area contributed by atoms with E-state index in [1.54, 1.807) is 0 Å². The number of hydrogen-bond donors (Lipinski definition) is 1. The maximum Gasteiger partial charge on any atom is 0.251 e. The number of benzene rings is 1. The topological polar surface area (TPSA) is 38.3 Å². The first-order chi connectivity index (χ1) is 9.24. The summed E-state index contributed by atoms with van der Waals surface area (Å²) in [7, 11) is 0. The van der Waals surface area contributed by atoms with Gasteiger partial charge in [-0.3, -0.25) is 4.79 Å². The predicted octanol–water partition coefficient (Wildman–Crippen LogP) is 3.38. The van der Waals surface area contributed by atoms with Gasteiger partial charge < -0.3 is 10.1 Å². The molecule has 0 spiro atoms. The van der Waals surface area contributed by atoms with Crippen LogP contribution >= 0.6 is 15.9 Å². The van der Waals surface area contributed by atoms with Crippen LogP contribution in [0, 0.1) is 5.92 Å². The number of halogens is 1. The molecule has 1 saturated carbocycles. The molecule has 0 radical (unpaired) electrons. The van der Waals surface area contributed by atoms with Gasteiger partial charge in [-0.25, -0.2) is 0 Å². The second-order valence-corrected chi connectivity index (χ2v) is 5.53. The molecule has 2 unspecified atom stereocenters. The minimum atomic E-state index is 0.0147. The van der Waals surface area contributed by atoms with Crippen molar-refractivity contribution in [1.82, 2.24) is 5.32 Å². The third kappa shape index (κ3) is 3.72. The molecule has 1 N–H and O–H groups in total. The highest BCUT2D eigenvalue weighted by Gasteiger charge is 2.27.